The molecule has 0 radical (unpaired) electrons. The molecule has 3 N–H and O–H groups in total. The minimum absolute atomic E-state index is 0.0560. The summed E-state index contributed by atoms with van der Waals surface area (Å²) in [4.78, 5) is 26.3. The second kappa shape index (κ2) is 5.35. The molecule has 1 aromatic carbocycles. The summed E-state index contributed by atoms with van der Waals surface area (Å²) >= 11 is 0. The first-order chi connectivity index (χ1) is 10.1. The van der Waals surface area contributed by atoms with E-state index in [-0.39, 0.29) is 24.3 Å². The van der Waals surface area contributed by atoms with Crippen molar-refractivity contribution in [1.29, 1.82) is 0 Å². The SMILES string of the molecule is CC1CC(=O)NN=C1c1ccc(NC2=NCC(=O)N2)cc1. The molecule has 7 nitrogen and oxygen atoms in total. The van der Waals surface area contributed by atoms with Crippen LogP contribution in [0.1, 0.15) is 18.9 Å². The van der Waals surface area contributed by atoms with Gasteiger partial charge in [-0.25, -0.2) is 10.4 Å². The van der Waals surface area contributed by atoms with Gasteiger partial charge in [0.25, 0.3) is 0 Å². The third-order valence-corrected chi connectivity index (χ3v) is 3.34. The Hall–Kier alpha value is -2.70. The molecule has 0 aliphatic carbocycles. The van der Waals surface area contributed by atoms with E-state index >= 15 is 0 Å². The van der Waals surface area contributed by atoms with Crippen LogP contribution in [0.5, 0.6) is 0 Å². The average molecular weight is 285 g/mol. The van der Waals surface area contributed by atoms with Crippen LogP contribution in [-0.2, 0) is 9.59 Å². The molecule has 2 aliphatic rings. The van der Waals surface area contributed by atoms with E-state index in [1.165, 1.54) is 0 Å². The Balaban J connectivity index is 1.72. The van der Waals surface area contributed by atoms with Crippen molar-refractivity contribution in [2.45, 2.75) is 13.3 Å². The lowest BCUT2D eigenvalue weighted by atomic mass is 9.94. The minimum atomic E-state index is -0.116. The summed E-state index contributed by atoms with van der Waals surface area (Å²) in [5.41, 5.74) is 5.16. The Morgan fingerprint density at radius 1 is 1.19 bits per heavy atom. The summed E-state index contributed by atoms with van der Waals surface area (Å²) in [6.45, 7) is 2.14. The van der Waals surface area contributed by atoms with Gasteiger partial charge in [-0.1, -0.05) is 19.1 Å². The molecule has 1 atom stereocenters. The predicted octanol–water partition coefficient (Wildman–Crippen LogP) is 0.444. The minimum Gasteiger partial charge on any atom is -0.326 e. The topological polar surface area (TPSA) is 94.9 Å². The number of hydrazone groups is 1. The van der Waals surface area contributed by atoms with Crippen molar-refractivity contribution in [2.24, 2.45) is 16.0 Å². The Morgan fingerprint density at radius 2 is 1.95 bits per heavy atom. The number of anilines is 1. The third-order valence-electron chi connectivity index (χ3n) is 3.34. The molecule has 21 heavy (non-hydrogen) atoms. The highest BCUT2D eigenvalue weighted by molar-refractivity contribution is 6.09. The quantitative estimate of drug-likeness (QED) is 0.736. The lowest BCUT2D eigenvalue weighted by molar-refractivity contribution is -0.122. The number of nitrogens with one attached hydrogen (secondary N) is 3. The fourth-order valence-corrected chi connectivity index (χ4v) is 2.30. The lowest BCUT2D eigenvalue weighted by Gasteiger charge is -2.19. The zero-order valence-electron chi connectivity index (χ0n) is 11.5. The summed E-state index contributed by atoms with van der Waals surface area (Å²) in [7, 11) is 0. The molecule has 0 saturated carbocycles. The average Bonchev–Trinajstić information content (AvgIpc) is 2.85. The Kier molecular flexibility index (Phi) is 3.39. The maximum atomic E-state index is 11.2. The highest BCUT2D eigenvalue weighted by atomic mass is 16.2. The fourth-order valence-electron chi connectivity index (χ4n) is 2.30. The molecule has 1 aromatic rings. The molecule has 0 fully saturated rings. The fraction of sp³-hybridized carbons (Fsp3) is 0.286. The highest BCUT2D eigenvalue weighted by Crippen LogP contribution is 2.18. The van der Waals surface area contributed by atoms with Crippen molar-refractivity contribution in [3.05, 3.63) is 29.8 Å². The maximum absolute atomic E-state index is 11.2. The molecule has 7 heteroatoms. The largest absolute Gasteiger partial charge is 0.326 e. The van der Waals surface area contributed by atoms with Gasteiger partial charge in [-0.15, -0.1) is 0 Å². The van der Waals surface area contributed by atoms with E-state index in [0.29, 0.717) is 12.4 Å². The van der Waals surface area contributed by atoms with Crippen LogP contribution in [0.15, 0.2) is 34.4 Å². The van der Waals surface area contributed by atoms with E-state index in [0.717, 1.165) is 17.0 Å². The predicted molar refractivity (Wildman–Crippen MR) is 79.0 cm³/mol. The Morgan fingerprint density at radius 3 is 2.57 bits per heavy atom. The number of benzene rings is 1. The van der Waals surface area contributed by atoms with Crippen LogP contribution in [-0.4, -0.2) is 30.0 Å². The molecule has 0 saturated heterocycles. The molecule has 3 rings (SSSR count). The standard InChI is InChI=1S/C14H15N5O2/c1-8-6-11(20)18-19-13(8)9-2-4-10(5-3-9)16-14-15-7-12(21)17-14/h2-5,8H,6-7H2,1H3,(H,18,20)(H2,15,16,17,21). The second-order valence-corrected chi connectivity index (χ2v) is 5.05. The normalized spacial score (nSPS) is 21.3. The molecule has 0 bridgehead atoms. The number of carbonyl (C=O) groups is 2. The molecule has 2 heterocycles. The van der Waals surface area contributed by atoms with Gasteiger partial charge >= 0.3 is 0 Å². The van der Waals surface area contributed by atoms with Crippen molar-refractivity contribution in [2.75, 3.05) is 11.9 Å². The summed E-state index contributed by atoms with van der Waals surface area (Å²) in [5, 5.41) is 9.77. The van der Waals surface area contributed by atoms with E-state index in [1.54, 1.807) is 0 Å². The molecule has 0 spiro atoms. The van der Waals surface area contributed by atoms with Crippen LogP contribution < -0.4 is 16.1 Å². The number of hydrogen-bond donors (Lipinski definition) is 3. The van der Waals surface area contributed by atoms with Crippen molar-refractivity contribution >= 4 is 29.2 Å². The molecule has 0 aromatic heterocycles. The summed E-state index contributed by atoms with van der Waals surface area (Å²) < 4.78 is 0. The van der Waals surface area contributed by atoms with Gasteiger partial charge in [0.1, 0.15) is 6.54 Å². The molecular formula is C14H15N5O2. The number of carbonyl (C=O) groups excluding carboxylic acids is 2. The zero-order valence-corrected chi connectivity index (χ0v) is 11.5. The van der Waals surface area contributed by atoms with Crippen LogP contribution in [0.2, 0.25) is 0 Å². The van der Waals surface area contributed by atoms with Gasteiger partial charge in [0, 0.05) is 18.0 Å². The first-order valence-electron chi connectivity index (χ1n) is 6.70. The number of nitrogens with zero attached hydrogens (tertiary/aromatic N) is 2. The maximum Gasteiger partial charge on any atom is 0.248 e. The van der Waals surface area contributed by atoms with Gasteiger partial charge in [-0.2, -0.15) is 5.10 Å². The first kappa shape index (κ1) is 13.3. The highest BCUT2D eigenvalue weighted by Gasteiger charge is 2.21. The van der Waals surface area contributed by atoms with Crippen molar-refractivity contribution in [3.8, 4) is 0 Å². The summed E-state index contributed by atoms with van der Waals surface area (Å²) in [5.74, 6) is 0.384. The van der Waals surface area contributed by atoms with Gasteiger partial charge in [-0.05, 0) is 17.7 Å². The molecular weight excluding hydrogens is 270 g/mol. The summed E-state index contributed by atoms with van der Waals surface area (Å²) in [6, 6.07) is 7.61. The second-order valence-electron chi connectivity index (χ2n) is 5.05. The Labute approximate surface area is 121 Å². The van der Waals surface area contributed by atoms with E-state index in [1.807, 2.05) is 31.2 Å². The lowest BCUT2D eigenvalue weighted by Crippen LogP contribution is -2.32. The van der Waals surface area contributed by atoms with Gasteiger partial charge in [0.05, 0.1) is 5.71 Å². The van der Waals surface area contributed by atoms with E-state index in [9.17, 15) is 9.59 Å². The van der Waals surface area contributed by atoms with Crippen LogP contribution in [0.3, 0.4) is 0 Å². The molecule has 2 amide bonds. The zero-order chi connectivity index (χ0) is 14.8. The monoisotopic (exact) mass is 285 g/mol. The number of aliphatic imine (C=N–C) groups is 1. The number of amides is 2. The van der Waals surface area contributed by atoms with Crippen molar-refractivity contribution < 1.29 is 9.59 Å². The van der Waals surface area contributed by atoms with Gasteiger partial charge in [0.2, 0.25) is 17.8 Å². The summed E-state index contributed by atoms with van der Waals surface area (Å²) in [6.07, 6.45) is 0.446. The van der Waals surface area contributed by atoms with Crippen LogP contribution >= 0.6 is 0 Å². The van der Waals surface area contributed by atoms with Crippen molar-refractivity contribution in [1.82, 2.24) is 10.7 Å². The van der Waals surface area contributed by atoms with Crippen LogP contribution in [0.4, 0.5) is 5.69 Å². The number of hydrogen-bond acceptors (Lipinski definition) is 5. The third kappa shape index (κ3) is 2.91. The number of guanidine groups is 1. The first-order valence-corrected chi connectivity index (χ1v) is 6.70. The van der Waals surface area contributed by atoms with Gasteiger partial charge < -0.3 is 5.32 Å². The van der Waals surface area contributed by atoms with E-state index in [2.05, 4.69) is 26.2 Å². The van der Waals surface area contributed by atoms with E-state index < -0.39 is 0 Å². The van der Waals surface area contributed by atoms with Crippen molar-refractivity contribution in [3.63, 3.8) is 0 Å². The number of rotatable bonds is 2. The van der Waals surface area contributed by atoms with Gasteiger partial charge in [0.15, 0.2) is 0 Å². The molecule has 2 aliphatic heterocycles. The molecule has 108 valence electrons. The van der Waals surface area contributed by atoms with Gasteiger partial charge in [-0.3, -0.25) is 14.9 Å². The van der Waals surface area contributed by atoms with E-state index in [4.69, 9.17) is 0 Å². The molecule has 1 unspecified atom stereocenters. The smallest absolute Gasteiger partial charge is 0.248 e. The Bertz CT molecular complexity index is 648. The van der Waals surface area contributed by atoms with Crippen LogP contribution in [0.25, 0.3) is 0 Å². The van der Waals surface area contributed by atoms with Crippen LogP contribution in [0, 0.1) is 5.92 Å².